The van der Waals surface area contributed by atoms with E-state index >= 15 is 0 Å². The first kappa shape index (κ1) is 12.4. The fourth-order valence-electron chi connectivity index (χ4n) is 2.16. The lowest BCUT2D eigenvalue weighted by Crippen LogP contribution is -2.27. The smallest absolute Gasteiger partial charge is 0.335 e. The molecule has 0 saturated heterocycles. The molecule has 1 N–H and O–H groups in total. The molecule has 0 spiro atoms. The number of nitrogens with zero attached hydrogens (tertiary/aromatic N) is 1. The van der Waals surface area contributed by atoms with Crippen LogP contribution in [0.25, 0.3) is 0 Å². The van der Waals surface area contributed by atoms with Crippen LogP contribution in [0, 0.1) is 0 Å². The van der Waals surface area contributed by atoms with E-state index < -0.39 is 5.97 Å². The first-order valence-electron chi connectivity index (χ1n) is 5.91. The molecule has 94 valence electrons. The van der Waals surface area contributed by atoms with E-state index in [1.807, 2.05) is 6.08 Å². The van der Waals surface area contributed by atoms with E-state index in [9.17, 15) is 9.59 Å². The maximum Gasteiger partial charge on any atom is 0.335 e. The second-order valence-electron chi connectivity index (χ2n) is 4.30. The average Bonchev–Trinajstić information content (AvgIpc) is 2.65. The standard InChI is InChI=1S/C14H15NO3/c1-2-3-4-7-15-12-6-5-10(14(17)18)8-11(12)9-13(15)16/h2,5-6,8H,1,3-4,7,9H2,(H,17,18). The van der Waals surface area contributed by atoms with E-state index in [0.29, 0.717) is 13.0 Å². The quantitative estimate of drug-likeness (QED) is 0.639. The molecular formula is C14H15NO3. The van der Waals surface area contributed by atoms with Crippen molar-refractivity contribution in [3.63, 3.8) is 0 Å². The summed E-state index contributed by atoms with van der Waals surface area (Å²) in [6.07, 6.45) is 3.86. The molecule has 2 rings (SSSR count). The molecule has 1 aliphatic heterocycles. The van der Waals surface area contributed by atoms with E-state index in [-0.39, 0.29) is 11.5 Å². The number of carbonyl (C=O) groups excluding carboxylic acids is 1. The normalized spacial score (nSPS) is 13.6. The molecule has 4 heteroatoms. The number of unbranched alkanes of at least 4 members (excludes halogenated alkanes) is 1. The lowest BCUT2D eigenvalue weighted by molar-refractivity contribution is -0.117. The van der Waals surface area contributed by atoms with Gasteiger partial charge in [-0.1, -0.05) is 6.08 Å². The Balaban J connectivity index is 2.21. The van der Waals surface area contributed by atoms with Crippen molar-refractivity contribution < 1.29 is 14.7 Å². The first-order valence-corrected chi connectivity index (χ1v) is 5.91. The zero-order chi connectivity index (χ0) is 13.1. The Morgan fingerprint density at radius 1 is 1.50 bits per heavy atom. The van der Waals surface area contributed by atoms with E-state index in [0.717, 1.165) is 24.1 Å². The van der Waals surface area contributed by atoms with Gasteiger partial charge in [0, 0.05) is 12.2 Å². The molecule has 1 aliphatic rings. The van der Waals surface area contributed by atoms with Gasteiger partial charge in [-0.2, -0.15) is 0 Å². The Bertz CT molecular complexity index is 508. The number of allylic oxidation sites excluding steroid dienone is 1. The highest BCUT2D eigenvalue weighted by molar-refractivity contribution is 6.02. The van der Waals surface area contributed by atoms with Crippen LogP contribution in [0.15, 0.2) is 30.9 Å². The van der Waals surface area contributed by atoms with Gasteiger partial charge in [0.2, 0.25) is 5.91 Å². The topological polar surface area (TPSA) is 57.6 Å². The molecule has 1 amide bonds. The van der Waals surface area contributed by atoms with Gasteiger partial charge in [0.15, 0.2) is 0 Å². The van der Waals surface area contributed by atoms with Crippen LogP contribution in [0.2, 0.25) is 0 Å². The van der Waals surface area contributed by atoms with Crippen molar-refractivity contribution in [3.05, 3.63) is 42.0 Å². The summed E-state index contributed by atoms with van der Waals surface area (Å²) in [5.74, 6) is -0.924. The highest BCUT2D eigenvalue weighted by Crippen LogP contribution is 2.30. The van der Waals surface area contributed by atoms with Gasteiger partial charge >= 0.3 is 5.97 Å². The van der Waals surface area contributed by atoms with Crippen LogP contribution in [0.3, 0.4) is 0 Å². The van der Waals surface area contributed by atoms with Crippen LogP contribution in [0.5, 0.6) is 0 Å². The highest BCUT2D eigenvalue weighted by Gasteiger charge is 2.27. The minimum absolute atomic E-state index is 0.0385. The van der Waals surface area contributed by atoms with Crippen LogP contribution in [-0.4, -0.2) is 23.5 Å². The second kappa shape index (κ2) is 5.04. The number of amides is 1. The van der Waals surface area contributed by atoms with Crippen molar-refractivity contribution >= 4 is 17.6 Å². The number of hydrogen-bond donors (Lipinski definition) is 1. The van der Waals surface area contributed by atoms with Gasteiger partial charge in [-0.25, -0.2) is 4.79 Å². The van der Waals surface area contributed by atoms with Gasteiger partial charge < -0.3 is 10.0 Å². The maximum atomic E-state index is 11.9. The Kier molecular flexibility index (Phi) is 3.46. The summed E-state index contributed by atoms with van der Waals surface area (Å²) in [5.41, 5.74) is 1.88. The van der Waals surface area contributed by atoms with Gasteiger partial charge in [0.25, 0.3) is 0 Å². The van der Waals surface area contributed by atoms with Crippen molar-refractivity contribution in [1.82, 2.24) is 0 Å². The lowest BCUT2D eigenvalue weighted by atomic mass is 10.1. The summed E-state index contributed by atoms with van der Waals surface area (Å²) in [4.78, 5) is 24.5. The molecule has 1 aromatic rings. The van der Waals surface area contributed by atoms with Crippen LogP contribution < -0.4 is 4.90 Å². The zero-order valence-electron chi connectivity index (χ0n) is 10.1. The monoisotopic (exact) mass is 245 g/mol. The number of carboxylic acids is 1. The first-order chi connectivity index (χ1) is 8.63. The third-order valence-electron chi connectivity index (χ3n) is 3.05. The molecular weight excluding hydrogens is 230 g/mol. The van der Waals surface area contributed by atoms with Gasteiger partial charge in [-0.05, 0) is 36.6 Å². The molecule has 18 heavy (non-hydrogen) atoms. The summed E-state index contributed by atoms with van der Waals surface area (Å²) >= 11 is 0. The maximum absolute atomic E-state index is 11.9. The van der Waals surface area contributed by atoms with Gasteiger partial charge in [0.1, 0.15) is 0 Å². The largest absolute Gasteiger partial charge is 0.478 e. The fourth-order valence-corrected chi connectivity index (χ4v) is 2.16. The van der Waals surface area contributed by atoms with Crippen LogP contribution in [0.4, 0.5) is 5.69 Å². The minimum Gasteiger partial charge on any atom is -0.478 e. The fraction of sp³-hybridized carbons (Fsp3) is 0.286. The average molecular weight is 245 g/mol. The van der Waals surface area contributed by atoms with Gasteiger partial charge in [-0.3, -0.25) is 4.79 Å². The molecule has 1 heterocycles. The third kappa shape index (κ3) is 2.27. The molecule has 0 saturated carbocycles. The number of hydrogen-bond acceptors (Lipinski definition) is 2. The lowest BCUT2D eigenvalue weighted by Gasteiger charge is -2.16. The molecule has 1 aromatic carbocycles. The van der Waals surface area contributed by atoms with E-state index in [4.69, 9.17) is 5.11 Å². The highest BCUT2D eigenvalue weighted by atomic mass is 16.4. The third-order valence-corrected chi connectivity index (χ3v) is 3.05. The Hall–Kier alpha value is -2.10. The van der Waals surface area contributed by atoms with Crippen molar-refractivity contribution in [2.24, 2.45) is 0 Å². The van der Waals surface area contributed by atoms with E-state index in [1.54, 1.807) is 23.1 Å². The Labute approximate surface area is 106 Å². The minimum atomic E-state index is -0.963. The predicted molar refractivity (Wildman–Crippen MR) is 68.9 cm³/mol. The van der Waals surface area contributed by atoms with Crippen LogP contribution in [0.1, 0.15) is 28.8 Å². The molecule has 0 bridgehead atoms. The van der Waals surface area contributed by atoms with E-state index in [2.05, 4.69) is 6.58 Å². The predicted octanol–water partition coefficient (Wildman–Crippen LogP) is 2.24. The number of benzene rings is 1. The molecule has 0 atom stereocenters. The summed E-state index contributed by atoms with van der Waals surface area (Å²) in [7, 11) is 0. The Morgan fingerprint density at radius 3 is 2.94 bits per heavy atom. The number of aromatic carboxylic acids is 1. The number of carbonyl (C=O) groups is 2. The second-order valence-corrected chi connectivity index (χ2v) is 4.30. The molecule has 0 fully saturated rings. The molecule has 0 unspecified atom stereocenters. The SMILES string of the molecule is C=CCCCN1C(=O)Cc2cc(C(=O)O)ccc21. The molecule has 0 aliphatic carbocycles. The van der Waals surface area contributed by atoms with Crippen molar-refractivity contribution in [2.75, 3.05) is 11.4 Å². The Morgan fingerprint density at radius 2 is 2.28 bits per heavy atom. The number of carboxylic acid groups (broad SMARTS) is 1. The van der Waals surface area contributed by atoms with Crippen LogP contribution in [-0.2, 0) is 11.2 Å². The zero-order valence-corrected chi connectivity index (χ0v) is 10.1. The van der Waals surface area contributed by atoms with E-state index in [1.165, 1.54) is 0 Å². The van der Waals surface area contributed by atoms with Crippen LogP contribution >= 0.6 is 0 Å². The van der Waals surface area contributed by atoms with Gasteiger partial charge in [-0.15, -0.1) is 6.58 Å². The molecule has 4 nitrogen and oxygen atoms in total. The summed E-state index contributed by atoms with van der Waals surface area (Å²) < 4.78 is 0. The van der Waals surface area contributed by atoms with Crippen molar-refractivity contribution in [3.8, 4) is 0 Å². The number of rotatable bonds is 5. The van der Waals surface area contributed by atoms with Crippen molar-refractivity contribution in [1.29, 1.82) is 0 Å². The van der Waals surface area contributed by atoms with Gasteiger partial charge in [0.05, 0.1) is 12.0 Å². The number of fused-ring (bicyclic) bond motifs is 1. The number of anilines is 1. The van der Waals surface area contributed by atoms with Crippen molar-refractivity contribution in [2.45, 2.75) is 19.3 Å². The molecule has 0 aromatic heterocycles. The summed E-state index contributed by atoms with van der Waals surface area (Å²) in [6.45, 7) is 4.31. The summed E-state index contributed by atoms with van der Waals surface area (Å²) in [5, 5.41) is 8.91. The molecule has 0 radical (unpaired) electrons. The summed E-state index contributed by atoms with van der Waals surface area (Å²) in [6, 6.07) is 4.85.